The number of hydrogen-bond acceptors (Lipinski definition) is 3. The number of benzene rings is 2. The summed E-state index contributed by atoms with van der Waals surface area (Å²) in [5.41, 5.74) is 4.21. The molecular weight excluding hydrogens is 336 g/mol. The van der Waals surface area contributed by atoms with Gasteiger partial charge in [0.05, 0.1) is 19.6 Å². The Balaban J connectivity index is 1.74. The maximum absolute atomic E-state index is 9.45. The van der Waals surface area contributed by atoms with Crippen LogP contribution in [0.15, 0.2) is 60.8 Å². The minimum absolute atomic E-state index is 0.364. The number of aromatic nitrogens is 1. The third kappa shape index (κ3) is 2.96. The Hall–Kier alpha value is -3.19. The van der Waals surface area contributed by atoms with Crippen molar-refractivity contribution in [2.24, 2.45) is 0 Å². The second-order valence-corrected chi connectivity index (χ2v) is 7.12. The molecule has 0 amide bonds. The van der Waals surface area contributed by atoms with Crippen molar-refractivity contribution in [3.8, 4) is 17.6 Å². The fourth-order valence-electron chi connectivity index (χ4n) is 3.97. The number of nitrogens with zero attached hydrogens (tertiary/aromatic N) is 2. The van der Waals surface area contributed by atoms with Crippen LogP contribution in [-0.4, -0.2) is 11.7 Å². The maximum Gasteiger partial charge on any atom is 0.162 e. The molecule has 4 nitrogen and oxygen atoms in total. The van der Waals surface area contributed by atoms with Gasteiger partial charge in [-0.05, 0) is 47.9 Å². The lowest BCUT2D eigenvalue weighted by Crippen LogP contribution is -2.32. The first-order chi connectivity index (χ1) is 13.2. The molecule has 4 rings (SSSR count). The molecule has 2 aromatic carbocycles. The highest BCUT2D eigenvalue weighted by Gasteiger charge is 2.37. The normalized spacial score (nSPS) is 17.5. The van der Waals surface area contributed by atoms with E-state index in [1.807, 2.05) is 42.5 Å². The van der Waals surface area contributed by atoms with E-state index < -0.39 is 0 Å². The monoisotopic (exact) mass is 358 g/mol. The molecule has 1 unspecified atom stereocenters. The van der Waals surface area contributed by atoms with Gasteiger partial charge in [0.15, 0.2) is 11.5 Å². The van der Waals surface area contributed by atoms with Gasteiger partial charge in [0.1, 0.15) is 6.61 Å². The number of fused-ring (bicyclic) bond motifs is 2. The van der Waals surface area contributed by atoms with Gasteiger partial charge in [0, 0.05) is 23.9 Å². The van der Waals surface area contributed by atoms with E-state index >= 15 is 0 Å². The van der Waals surface area contributed by atoms with E-state index in [9.17, 15) is 5.26 Å². The fraction of sp³-hybridized carbons (Fsp3) is 0.261. The van der Waals surface area contributed by atoms with Crippen LogP contribution in [0.25, 0.3) is 0 Å². The predicted molar refractivity (Wildman–Crippen MR) is 104 cm³/mol. The van der Waals surface area contributed by atoms with Crippen molar-refractivity contribution >= 4 is 0 Å². The topological polar surface area (TPSA) is 47.2 Å². The van der Waals surface area contributed by atoms with Gasteiger partial charge in [-0.3, -0.25) is 0 Å². The number of rotatable bonds is 5. The molecule has 2 heterocycles. The average Bonchev–Trinajstić information content (AvgIpc) is 3.16. The quantitative estimate of drug-likeness (QED) is 0.666. The van der Waals surface area contributed by atoms with Gasteiger partial charge in [-0.15, -0.1) is 0 Å². The lowest BCUT2D eigenvalue weighted by molar-refractivity contribution is 0.283. The third-order valence-electron chi connectivity index (χ3n) is 5.39. The highest BCUT2D eigenvalue weighted by molar-refractivity contribution is 5.54. The van der Waals surface area contributed by atoms with E-state index in [4.69, 9.17) is 9.47 Å². The van der Waals surface area contributed by atoms with Gasteiger partial charge in [-0.2, -0.15) is 5.26 Å². The molecule has 0 N–H and O–H groups in total. The van der Waals surface area contributed by atoms with Crippen LogP contribution in [-0.2, 0) is 18.6 Å². The van der Waals surface area contributed by atoms with Crippen molar-refractivity contribution in [1.29, 1.82) is 5.26 Å². The summed E-state index contributed by atoms with van der Waals surface area (Å²) in [6, 6.07) is 20.7. The first kappa shape index (κ1) is 17.2. The molecule has 1 aliphatic rings. The van der Waals surface area contributed by atoms with Crippen LogP contribution < -0.4 is 9.47 Å². The Bertz CT molecular complexity index is 1000. The average molecular weight is 358 g/mol. The summed E-state index contributed by atoms with van der Waals surface area (Å²) in [5.74, 6) is 1.43. The zero-order valence-electron chi connectivity index (χ0n) is 15.6. The molecule has 27 heavy (non-hydrogen) atoms. The Morgan fingerprint density at radius 3 is 2.67 bits per heavy atom. The number of methoxy groups -OCH3 is 1. The van der Waals surface area contributed by atoms with Gasteiger partial charge < -0.3 is 14.0 Å². The van der Waals surface area contributed by atoms with E-state index in [0.717, 1.165) is 29.1 Å². The van der Waals surface area contributed by atoms with Crippen LogP contribution in [0.5, 0.6) is 11.5 Å². The predicted octanol–water partition coefficient (Wildman–Crippen LogP) is 4.66. The van der Waals surface area contributed by atoms with E-state index in [1.165, 1.54) is 5.56 Å². The van der Waals surface area contributed by atoms with Crippen LogP contribution in [0.2, 0.25) is 0 Å². The molecule has 0 spiro atoms. The molecule has 0 bridgehead atoms. The SMILES string of the molecule is COc1cc2c(cc1OCc1ccccc1)Cn1cccc1C2(C)CC#N. The molecular formula is C23H22N2O2. The summed E-state index contributed by atoms with van der Waals surface area (Å²) in [4.78, 5) is 0. The zero-order valence-corrected chi connectivity index (χ0v) is 15.6. The van der Waals surface area contributed by atoms with Gasteiger partial charge in [0.25, 0.3) is 0 Å². The molecule has 3 aromatic rings. The van der Waals surface area contributed by atoms with Crippen molar-refractivity contribution in [3.05, 3.63) is 83.2 Å². The van der Waals surface area contributed by atoms with Crippen molar-refractivity contribution in [1.82, 2.24) is 4.57 Å². The van der Waals surface area contributed by atoms with Crippen molar-refractivity contribution in [2.45, 2.75) is 31.9 Å². The van der Waals surface area contributed by atoms with Crippen molar-refractivity contribution in [2.75, 3.05) is 7.11 Å². The van der Waals surface area contributed by atoms with Crippen LogP contribution in [0, 0.1) is 11.3 Å². The number of nitriles is 1. The highest BCUT2D eigenvalue weighted by Crippen LogP contribution is 2.45. The lowest BCUT2D eigenvalue weighted by atomic mass is 9.73. The summed E-state index contributed by atoms with van der Waals surface area (Å²) in [6.07, 6.45) is 2.49. The molecule has 0 fully saturated rings. The van der Waals surface area contributed by atoms with Crippen molar-refractivity contribution < 1.29 is 9.47 Å². The zero-order chi connectivity index (χ0) is 18.9. The van der Waals surface area contributed by atoms with Crippen molar-refractivity contribution in [3.63, 3.8) is 0 Å². The summed E-state index contributed by atoms with van der Waals surface area (Å²) >= 11 is 0. The van der Waals surface area contributed by atoms with Crippen LogP contribution in [0.4, 0.5) is 0 Å². The van der Waals surface area contributed by atoms with Crippen LogP contribution in [0.3, 0.4) is 0 Å². The largest absolute Gasteiger partial charge is 0.493 e. The second kappa shape index (κ2) is 6.85. The van der Waals surface area contributed by atoms with E-state index in [2.05, 4.69) is 35.9 Å². The maximum atomic E-state index is 9.45. The molecule has 1 aliphatic heterocycles. The molecule has 0 saturated heterocycles. The van der Waals surface area contributed by atoms with E-state index in [-0.39, 0.29) is 5.41 Å². The Labute approximate surface area is 159 Å². The Morgan fingerprint density at radius 1 is 1.11 bits per heavy atom. The first-order valence-electron chi connectivity index (χ1n) is 9.06. The van der Waals surface area contributed by atoms with Gasteiger partial charge in [-0.1, -0.05) is 30.3 Å². The minimum atomic E-state index is -0.364. The van der Waals surface area contributed by atoms with Gasteiger partial charge in [0.2, 0.25) is 0 Å². The molecule has 0 saturated carbocycles. The summed E-state index contributed by atoms with van der Waals surface area (Å²) in [7, 11) is 1.66. The molecule has 0 aliphatic carbocycles. The summed E-state index contributed by atoms with van der Waals surface area (Å²) in [6.45, 7) is 3.38. The number of hydrogen-bond donors (Lipinski definition) is 0. The molecule has 1 atom stereocenters. The first-order valence-corrected chi connectivity index (χ1v) is 9.06. The fourth-order valence-corrected chi connectivity index (χ4v) is 3.97. The molecule has 1 aromatic heterocycles. The van der Waals surface area contributed by atoms with Gasteiger partial charge in [-0.25, -0.2) is 0 Å². The summed E-state index contributed by atoms with van der Waals surface area (Å²) < 4.78 is 13.9. The molecule has 136 valence electrons. The van der Waals surface area contributed by atoms with Crippen LogP contribution >= 0.6 is 0 Å². The smallest absolute Gasteiger partial charge is 0.162 e. The Kier molecular flexibility index (Phi) is 4.37. The van der Waals surface area contributed by atoms with E-state index in [1.54, 1.807) is 7.11 Å². The lowest BCUT2D eigenvalue weighted by Gasteiger charge is -2.36. The van der Waals surface area contributed by atoms with Gasteiger partial charge >= 0.3 is 0 Å². The standard InChI is InChI=1S/C23H22N2O2/c1-23(10-11-24)19-14-20(26-2)21(27-16-17-7-4-3-5-8-17)13-18(19)15-25-12-6-9-22(23)25/h3-9,12-14H,10,15-16H2,1-2H3. The minimum Gasteiger partial charge on any atom is -0.493 e. The Morgan fingerprint density at radius 2 is 1.93 bits per heavy atom. The third-order valence-corrected chi connectivity index (χ3v) is 5.39. The molecule has 0 radical (unpaired) electrons. The number of ether oxygens (including phenoxy) is 2. The van der Waals surface area contributed by atoms with Crippen LogP contribution in [0.1, 0.15) is 35.7 Å². The summed E-state index contributed by atoms with van der Waals surface area (Å²) in [5, 5.41) is 9.45. The van der Waals surface area contributed by atoms with E-state index in [0.29, 0.717) is 18.8 Å². The second-order valence-electron chi connectivity index (χ2n) is 7.12. The molecule has 4 heteroatoms. The highest BCUT2D eigenvalue weighted by atomic mass is 16.5.